The molecule has 8 N–H and O–H groups in total. The molecule has 3 fully saturated rings. The summed E-state index contributed by atoms with van der Waals surface area (Å²) < 4.78 is 5.54. The minimum Gasteiger partial charge on any atom is -0.505 e. The van der Waals surface area contributed by atoms with Gasteiger partial charge in [-0.05, 0) is 62.5 Å². The van der Waals surface area contributed by atoms with Crippen LogP contribution in [0.1, 0.15) is 76.7 Å². The van der Waals surface area contributed by atoms with Crippen molar-refractivity contribution >= 4 is 75.9 Å². The van der Waals surface area contributed by atoms with Crippen LogP contribution in [0, 0.1) is 11.8 Å². The molecule has 5 rings (SSSR count). The molecule has 0 unspecified atom stereocenters. The van der Waals surface area contributed by atoms with E-state index in [1.807, 2.05) is 0 Å². The zero-order valence-electron chi connectivity index (χ0n) is 44.1. The van der Waals surface area contributed by atoms with E-state index in [9.17, 15) is 57.8 Å². The number of nitrogens with zero attached hydrogens (tertiary/aromatic N) is 7. The number of likely N-dealkylation sites (N-methyl/N-ethyl adjacent to an activating group) is 4. The predicted octanol–water partition coefficient (Wildman–Crippen LogP) is -2.80. The molecule has 2 aromatic rings. The number of hydrogen-bond donors (Lipinski definition) is 6. The lowest BCUT2D eigenvalue weighted by atomic mass is 9.99. The van der Waals surface area contributed by atoms with Gasteiger partial charge < -0.3 is 66.2 Å². The van der Waals surface area contributed by atoms with Crippen molar-refractivity contribution in [3.63, 3.8) is 0 Å². The number of amides is 10. The second-order valence-corrected chi connectivity index (χ2v) is 20.1. The quantitative estimate of drug-likeness (QED) is 0.169. The smallest absolute Gasteiger partial charge is 0.329 e. The molecule has 25 nitrogen and oxygen atoms in total. The molecule has 10 amide bonds. The summed E-state index contributed by atoms with van der Waals surface area (Å²) in [6.07, 6.45) is 2.56. The van der Waals surface area contributed by atoms with Crippen LogP contribution in [0.4, 0.5) is 0 Å². The molecule has 75 heavy (non-hydrogen) atoms. The second-order valence-electron chi connectivity index (χ2n) is 20.1. The molecule has 410 valence electrons. The molecule has 0 bridgehead atoms. The Balaban J connectivity index is 1.44. The molecule has 3 aliphatic rings. The van der Waals surface area contributed by atoms with Crippen molar-refractivity contribution in [2.24, 2.45) is 11.8 Å². The van der Waals surface area contributed by atoms with Crippen LogP contribution in [0.5, 0.6) is 5.75 Å². The highest BCUT2D eigenvalue weighted by Gasteiger charge is 2.41. The van der Waals surface area contributed by atoms with Crippen LogP contribution in [-0.2, 0) is 52.7 Å². The first-order chi connectivity index (χ1) is 35.4. The van der Waals surface area contributed by atoms with Gasteiger partial charge in [-0.1, -0.05) is 45.9 Å². The van der Waals surface area contributed by atoms with Crippen molar-refractivity contribution in [2.45, 2.75) is 102 Å². The highest BCUT2D eigenvalue weighted by molar-refractivity contribution is 6.01. The summed E-state index contributed by atoms with van der Waals surface area (Å²) in [6, 6.07) is 0.843. The fourth-order valence-electron chi connectivity index (χ4n) is 9.47. The highest BCUT2D eigenvalue weighted by Crippen LogP contribution is 2.24. The van der Waals surface area contributed by atoms with Crippen molar-refractivity contribution in [3.05, 3.63) is 36.0 Å². The highest BCUT2D eigenvalue weighted by atomic mass is 16.5. The predicted molar refractivity (Wildman–Crippen MR) is 268 cm³/mol. The third-order valence-electron chi connectivity index (χ3n) is 13.8. The Morgan fingerprint density at radius 2 is 1.20 bits per heavy atom. The summed E-state index contributed by atoms with van der Waals surface area (Å²) >= 11 is 0. The Kier molecular flexibility index (Phi) is 20.4. The van der Waals surface area contributed by atoms with Crippen LogP contribution in [-0.4, -0.2) is 221 Å². The Labute approximate surface area is 435 Å². The Morgan fingerprint density at radius 1 is 0.693 bits per heavy atom. The number of piperidine rings is 2. The first-order valence-corrected chi connectivity index (χ1v) is 25.3. The van der Waals surface area contributed by atoms with Crippen LogP contribution in [0.25, 0.3) is 10.9 Å². The molecule has 1 aromatic heterocycles. The lowest BCUT2D eigenvalue weighted by molar-refractivity contribution is -0.411. The molecule has 3 aliphatic heterocycles. The number of nitrogens with one attached hydrogen (secondary N) is 4. The number of esters is 1. The minimum atomic E-state index is -1.58. The number of carbonyl (C=O) groups is 11. The number of rotatable bonds is 4. The van der Waals surface area contributed by atoms with Crippen LogP contribution in [0.2, 0.25) is 0 Å². The fourth-order valence-corrected chi connectivity index (χ4v) is 9.47. The van der Waals surface area contributed by atoms with Gasteiger partial charge in [-0.15, -0.1) is 0 Å². The van der Waals surface area contributed by atoms with E-state index in [1.165, 1.54) is 44.1 Å². The van der Waals surface area contributed by atoms with Crippen LogP contribution < -0.4 is 27.0 Å². The normalized spacial score (nSPS) is 25.0. The van der Waals surface area contributed by atoms with Gasteiger partial charge in [0.05, 0.1) is 31.7 Å². The molecule has 0 spiro atoms. The maximum atomic E-state index is 14.7. The van der Waals surface area contributed by atoms with E-state index in [-0.39, 0.29) is 25.9 Å². The van der Waals surface area contributed by atoms with Gasteiger partial charge in [0.2, 0.25) is 47.3 Å². The number of hydrogen-bond acceptors (Lipinski definition) is 14. The van der Waals surface area contributed by atoms with Crippen LogP contribution in [0.3, 0.4) is 0 Å². The molecule has 0 radical (unpaired) electrons. The molecule has 4 heterocycles. The number of fused-ring (bicyclic) bond motifs is 3. The number of benzene rings is 1. The summed E-state index contributed by atoms with van der Waals surface area (Å²) in [7, 11) is 5.39. The van der Waals surface area contributed by atoms with E-state index in [1.54, 1.807) is 52.0 Å². The van der Waals surface area contributed by atoms with E-state index in [2.05, 4.69) is 32.0 Å². The summed E-state index contributed by atoms with van der Waals surface area (Å²) in [4.78, 5) is 163. The Morgan fingerprint density at radius 3 is 1.73 bits per heavy atom. The van der Waals surface area contributed by atoms with Gasteiger partial charge in [-0.25, -0.2) is 9.78 Å². The lowest BCUT2D eigenvalue weighted by Crippen LogP contribution is -2.72. The number of para-hydroxylation sites is 1. The summed E-state index contributed by atoms with van der Waals surface area (Å²) in [5, 5.41) is 21.8. The molecular weight excluding hydrogens is 977 g/mol. The minimum absolute atomic E-state index is 0.0391. The van der Waals surface area contributed by atoms with Crippen molar-refractivity contribution in [2.75, 3.05) is 80.6 Å². The number of cyclic esters (lactones) is 1. The molecule has 6 atom stereocenters. The number of aromatic nitrogens is 1. The van der Waals surface area contributed by atoms with E-state index in [0.717, 1.165) is 19.6 Å². The monoisotopic (exact) mass is 1050 g/mol. The van der Waals surface area contributed by atoms with E-state index in [4.69, 9.17) is 4.74 Å². The van der Waals surface area contributed by atoms with Crippen molar-refractivity contribution in [1.29, 1.82) is 0 Å². The first-order valence-electron chi connectivity index (χ1n) is 25.3. The summed E-state index contributed by atoms with van der Waals surface area (Å²) in [5.41, 5.74) is 3.83. The van der Waals surface area contributed by atoms with E-state index in [0.29, 0.717) is 36.6 Å². The largest absolute Gasteiger partial charge is 0.505 e. The van der Waals surface area contributed by atoms with Gasteiger partial charge in [0.1, 0.15) is 36.0 Å². The molecule has 0 aliphatic carbocycles. The number of pyridine rings is 1. The van der Waals surface area contributed by atoms with Crippen molar-refractivity contribution in [3.8, 4) is 5.75 Å². The second kappa shape index (κ2) is 26.2. The molecule has 25 heteroatoms. The van der Waals surface area contributed by atoms with Gasteiger partial charge in [0.15, 0.2) is 18.3 Å². The topological polar surface area (TPSA) is 325 Å². The van der Waals surface area contributed by atoms with Crippen molar-refractivity contribution < 1.29 is 68.3 Å². The number of ether oxygens (including phenoxy) is 1. The average molecular weight is 1050 g/mol. The van der Waals surface area contributed by atoms with Gasteiger partial charge in [-0.2, -0.15) is 0 Å². The van der Waals surface area contributed by atoms with Crippen LogP contribution >= 0.6 is 0 Å². The molecule has 0 saturated carbocycles. The average Bonchev–Trinajstić information content (AvgIpc) is 3.38. The van der Waals surface area contributed by atoms with Gasteiger partial charge in [-0.3, -0.25) is 47.9 Å². The zero-order chi connectivity index (χ0) is 55.4. The SMILES string of the molecule is CC(C)[C@H]1C(=O)NC[C@@H](NC(=O)c2nc3ccccc3cc2O)C(=O)N2CCCC[C@H]2C(=O)NCC(=O)N(C)CC(=O)N(C)[C@@H](C(C)C)C(=O)OC[C@@H]([NH3+])C(=O)N2CCCC[C@H]2C(=O)NCC(=O)N(C)CC(=O)N1C. The first kappa shape index (κ1) is 58.4. The number of aromatic hydroxyl groups is 1. The molecular formula is C50H73N12O13+. The third kappa shape index (κ3) is 14.7. The Bertz CT molecular complexity index is 2510. The van der Waals surface area contributed by atoms with Gasteiger partial charge in [0.25, 0.3) is 11.8 Å². The van der Waals surface area contributed by atoms with E-state index < -0.39 is 164 Å². The van der Waals surface area contributed by atoms with Gasteiger partial charge >= 0.3 is 5.97 Å². The molecule has 3 saturated heterocycles. The number of carbonyl (C=O) groups excluding carboxylic acids is 11. The van der Waals surface area contributed by atoms with Crippen LogP contribution in [0.15, 0.2) is 30.3 Å². The van der Waals surface area contributed by atoms with Gasteiger partial charge in [0, 0.05) is 53.2 Å². The summed E-state index contributed by atoms with van der Waals surface area (Å²) in [6.45, 7) is 3.74. The molecule has 1 aromatic carbocycles. The van der Waals surface area contributed by atoms with E-state index >= 15 is 0 Å². The maximum absolute atomic E-state index is 14.7. The standard InChI is InChI=1S/C50H72N12O13/c1-28(2)42-47(71)52-22-33(56-46(70)41-36(63)21-30-15-9-10-16-32(30)55-41)49(73)62-20-14-12-18-35(62)45(69)54-24-38(65)58(6)26-40(67)60(8)43(29(3)4)50(74)75-27-31(51)48(72)61-19-13-11-17-34(61)44(68)53-23-37(64)57(5)25-39(66)59(42)7/h9-10,15-16,21,28-29,31,33-35,42-43,63H,11-14,17-20,22-27,51H2,1-8H3,(H,52,71)(H,53,68)(H,54,69)(H,56,70)/p+1/t31-,33-,34+,35+,42+,43+/m1/s1. The Hall–Kier alpha value is -7.44. The lowest BCUT2D eigenvalue weighted by Gasteiger charge is -2.37. The third-order valence-corrected chi connectivity index (χ3v) is 13.8. The van der Waals surface area contributed by atoms with Crippen molar-refractivity contribution in [1.82, 2.24) is 55.7 Å². The summed E-state index contributed by atoms with van der Waals surface area (Å²) in [5.74, 6) is -9.44. The zero-order valence-corrected chi connectivity index (χ0v) is 44.1. The number of quaternary nitrogens is 1. The maximum Gasteiger partial charge on any atom is 0.329 e. The fraction of sp³-hybridized carbons (Fsp3) is 0.600.